The van der Waals surface area contributed by atoms with Crippen LogP contribution in [0.4, 0.5) is 11.5 Å². The minimum atomic E-state index is 0.348. The average Bonchev–Trinajstić information content (AvgIpc) is 3.14. The lowest BCUT2D eigenvalue weighted by Gasteiger charge is -2.06. The highest BCUT2D eigenvalue weighted by Gasteiger charge is 2.15. The number of benzene rings is 1. The molecule has 3 heterocycles. The molecule has 7 nitrogen and oxygen atoms in total. The highest BCUT2D eigenvalue weighted by atomic mass is 16.5. The van der Waals surface area contributed by atoms with E-state index >= 15 is 0 Å². The Balaban J connectivity index is 1.69. The molecule has 4 aromatic rings. The number of aromatic nitrogens is 5. The Morgan fingerprint density at radius 3 is 2.67 bits per heavy atom. The van der Waals surface area contributed by atoms with Crippen LogP contribution in [0.5, 0.6) is 0 Å². The Labute approximate surface area is 137 Å². The Hall–Kier alpha value is -3.61. The van der Waals surface area contributed by atoms with Gasteiger partial charge in [-0.3, -0.25) is 4.98 Å². The summed E-state index contributed by atoms with van der Waals surface area (Å²) in [4.78, 5) is 16.8. The zero-order chi connectivity index (χ0) is 16.2. The van der Waals surface area contributed by atoms with Crippen molar-refractivity contribution >= 4 is 11.5 Å². The molecule has 0 bridgehead atoms. The van der Waals surface area contributed by atoms with Gasteiger partial charge < -0.3 is 9.84 Å². The van der Waals surface area contributed by atoms with Crippen molar-refractivity contribution in [1.82, 2.24) is 25.1 Å². The van der Waals surface area contributed by atoms with E-state index < -0.39 is 0 Å². The normalized spacial score (nSPS) is 10.5. The molecule has 0 atom stereocenters. The molecular formula is C17H12N6O. The SMILES string of the molecule is c1ccc(-c2noc(-c3cncnc3Nc3cccnc3)n2)cc1. The van der Waals surface area contributed by atoms with Crippen LogP contribution in [0.1, 0.15) is 0 Å². The first-order valence-electron chi connectivity index (χ1n) is 7.27. The van der Waals surface area contributed by atoms with Crippen LogP contribution < -0.4 is 5.32 Å². The fraction of sp³-hybridized carbons (Fsp3) is 0. The molecular weight excluding hydrogens is 304 g/mol. The van der Waals surface area contributed by atoms with Gasteiger partial charge in [-0.25, -0.2) is 9.97 Å². The Morgan fingerprint density at radius 1 is 0.917 bits per heavy atom. The maximum absolute atomic E-state index is 5.39. The van der Waals surface area contributed by atoms with E-state index in [-0.39, 0.29) is 0 Å². The van der Waals surface area contributed by atoms with E-state index in [2.05, 4.69) is 30.4 Å². The van der Waals surface area contributed by atoms with Gasteiger partial charge in [-0.15, -0.1) is 0 Å². The largest absolute Gasteiger partial charge is 0.338 e. The molecule has 0 aliphatic carbocycles. The van der Waals surface area contributed by atoms with E-state index in [4.69, 9.17) is 4.52 Å². The first-order chi connectivity index (χ1) is 11.9. The maximum Gasteiger partial charge on any atom is 0.263 e. The predicted molar refractivity (Wildman–Crippen MR) is 88.3 cm³/mol. The van der Waals surface area contributed by atoms with Crippen molar-refractivity contribution in [3.8, 4) is 22.8 Å². The van der Waals surface area contributed by atoms with E-state index in [1.54, 1.807) is 18.6 Å². The lowest BCUT2D eigenvalue weighted by molar-refractivity contribution is 0.432. The molecule has 0 aliphatic heterocycles. The number of nitrogens with one attached hydrogen (secondary N) is 1. The molecule has 0 saturated heterocycles. The van der Waals surface area contributed by atoms with Crippen molar-refractivity contribution in [3.05, 3.63) is 67.4 Å². The Kier molecular flexibility index (Phi) is 3.65. The smallest absolute Gasteiger partial charge is 0.263 e. The van der Waals surface area contributed by atoms with E-state index in [1.807, 2.05) is 42.5 Å². The minimum Gasteiger partial charge on any atom is -0.338 e. The molecule has 0 fully saturated rings. The minimum absolute atomic E-state index is 0.348. The lowest BCUT2D eigenvalue weighted by Crippen LogP contribution is -1.97. The molecule has 7 heteroatoms. The van der Waals surface area contributed by atoms with E-state index in [0.717, 1.165) is 11.3 Å². The van der Waals surface area contributed by atoms with Gasteiger partial charge in [0.1, 0.15) is 17.7 Å². The van der Waals surface area contributed by atoms with Gasteiger partial charge in [0.05, 0.1) is 11.9 Å². The topological polar surface area (TPSA) is 89.6 Å². The lowest BCUT2D eigenvalue weighted by atomic mass is 10.2. The van der Waals surface area contributed by atoms with Crippen LogP contribution >= 0.6 is 0 Å². The van der Waals surface area contributed by atoms with Gasteiger partial charge in [-0.05, 0) is 12.1 Å². The number of pyridine rings is 1. The van der Waals surface area contributed by atoms with Gasteiger partial charge in [0.15, 0.2) is 0 Å². The third-order valence-electron chi connectivity index (χ3n) is 3.32. The Morgan fingerprint density at radius 2 is 1.83 bits per heavy atom. The first-order valence-corrected chi connectivity index (χ1v) is 7.27. The molecule has 116 valence electrons. The van der Waals surface area contributed by atoms with Crippen molar-refractivity contribution in [2.75, 3.05) is 5.32 Å². The fourth-order valence-electron chi connectivity index (χ4n) is 2.20. The van der Waals surface area contributed by atoms with Crippen molar-refractivity contribution in [3.63, 3.8) is 0 Å². The zero-order valence-corrected chi connectivity index (χ0v) is 12.5. The molecule has 0 spiro atoms. The number of rotatable bonds is 4. The average molecular weight is 316 g/mol. The van der Waals surface area contributed by atoms with E-state index in [1.165, 1.54) is 6.33 Å². The van der Waals surface area contributed by atoms with Gasteiger partial charge in [-0.2, -0.15) is 4.98 Å². The van der Waals surface area contributed by atoms with Gasteiger partial charge in [0.2, 0.25) is 5.82 Å². The molecule has 0 amide bonds. The van der Waals surface area contributed by atoms with E-state index in [9.17, 15) is 0 Å². The van der Waals surface area contributed by atoms with Crippen LogP contribution in [0.3, 0.4) is 0 Å². The monoisotopic (exact) mass is 316 g/mol. The van der Waals surface area contributed by atoms with Crippen LogP contribution in [0, 0.1) is 0 Å². The molecule has 0 aliphatic rings. The summed E-state index contributed by atoms with van der Waals surface area (Å²) in [5.74, 6) is 1.43. The molecule has 0 unspecified atom stereocenters. The maximum atomic E-state index is 5.39. The van der Waals surface area contributed by atoms with Crippen LogP contribution in [0.15, 0.2) is 71.9 Å². The van der Waals surface area contributed by atoms with Crippen molar-refractivity contribution in [1.29, 1.82) is 0 Å². The quantitative estimate of drug-likeness (QED) is 0.617. The number of anilines is 2. The number of hydrogen-bond acceptors (Lipinski definition) is 7. The molecule has 4 rings (SSSR count). The number of hydrogen-bond donors (Lipinski definition) is 1. The van der Waals surface area contributed by atoms with Crippen LogP contribution in [0.2, 0.25) is 0 Å². The summed E-state index contributed by atoms with van der Waals surface area (Å²) in [5.41, 5.74) is 2.31. The second-order valence-corrected chi connectivity index (χ2v) is 4.94. The van der Waals surface area contributed by atoms with Crippen molar-refractivity contribution in [2.24, 2.45) is 0 Å². The summed E-state index contributed by atoms with van der Waals surface area (Å²) in [6, 6.07) is 13.4. The molecule has 1 N–H and O–H groups in total. The fourth-order valence-corrected chi connectivity index (χ4v) is 2.20. The summed E-state index contributed by atoms with van der Waals surface area (Å²) in [6.07, 6.45) is 6.50. The van der Waals surface area contributed by atoms with Gasteiger partial charge in [0, 0.05) is 18.0 Å². The molecule has 0 saturated carbocycles. The molecule has 1 aromatic carbocycles. The third-order valence-corrected chi connectivity index (χ3v) is 3.32. The summed E-state index contributed by atoms with van der Waals surface area (Å²) >= 11 is 0. The molecule has 3 aromatic heterocycles. The van der Waals surface area contributed by atoms with Gasteiger partial charge in [0.25, 0.3) is 5.89 Å². The van der Waals surface area contributed by atoms with Crippen LogP contribution in [-0.4, -0.2) is 25.1 Å². The van der Waals surface area contributed by atoms with Crippen molar-refractivity contribution in [2.45, 2.75) is 0 Å². The summed E-state index contributed by atoms with van der Waals surface area (Å²) in [6.45, 7) is 0. The van der Waals surface area contributed by atoms with E-state index in [0.29, 0.717) is 23.1 Å². The standard InChI is InChI=1S/C17H12N6O/c1-2-5-12(6-3-1)15-22-17(24-23-15)14-10-19-11-20-16(14)21-13-7-4-8-18-9-13/h1-11H,(H,19,20,21). The zero-order valence-electron chi connectivity index (χ0n) is 12.5. The third kappa shape index (κ3) is 2.82. The summed E-state index contributed by atoms with van der Waals surface area (Å²) in [5, 5.41) is 7.21. The number of nitrogens with zero attached hydrogens (tertiary/aromatic N) is 5. The highest BCUT2D eigenvalue weighted by Crippen LogP contribution is 2.27. The second kappa shape index (κ2) is 6.25. The van der Waals surface area contributed by atoms with Gasteiger partial charge >= 0.3 is 0 Å². The van der Waals surface area contributed by atoms with Crippen LogP contribution in [-0.2, 0) is 0 Å². The van der Waals surface area contributed by atoms with Crippen molar-refractivity contribution < 1.29 is 4.52 Å². The second-order valence-electron chi connectivity index (χ2n) is 4.94. The molecule has 0 radical (unpaired) electrons. The Bertz CT molecular complexity index is 939. The summed E-state index contributed by atoms with van der Waals surface area (Å²) < 4.78 is 5.39. The first kappa shape index (κ1) is 14.0. The summed E-state index contributed by atoms with van der Waals surface area (Å²) in [7, 11) is 0. The van der Waals surface area contributed by atoms with Crippen LogP contribution in [0.25, 0.3) is 22.8 Å². The van der Waals surface area contributed by atoms with Gasteiger partial charge in [-0.1, -0.05) is 35.5 Å². The highest BCUT2D eigenvalue weighted by molar-refractivity contribution is 5.73. The predicted octanol–water partition coefficient (Wildman–Crippen LogP) is 3.33. The molecule has 24 heavy (non-hydrogen) atoms.